The lowest BCUT2D eigenvalue weighted by Crippen LogP contribution is -2.26. The molecule has 0 aliphatic heterocycles. The smallest absolute Gasteiger partial charge is 0.248 e. The first kappa shape index (κ1) is 23.2. The Labute approximate surface area is 187 Å². The van der Waals surface area contributed by atoms with Crippen LogP contribution in [0.4, 0.5) is 5.69 Å². The standard InChI is InChI=1S/C24H25N3O4S/c25-24(29)20-9-11-21(12-10-20)27-23(28)15-8-19-6-13-22(14-7-19)32(30,31)26-17-16-18-4-2-1-3-5-18/h1-7,9-14,26H,8,15-17H2,(H2,25,29)(H,27,28). The van der Waals surface area contributed by atoms with Gasteiger partial charge in [-0.2, -0.15) is 0 Å². The summed E-state index contributed by atoms with van der Waals surface area (Å²) in [4.78, 5) is 23.4. The van der Waals surface area contributed by atoms with Crippen LogP contribution in [0.5, 0.6) is 0 Å². The number of nitrogens with one attached hydrogen (secondary N) is 2. The van der Waals surface area contributed by atoms with E-state index in [0.717, 1.165) is 11.1 Å². The molecule has 3 aromatic rings. The van der Waals surface area contributed by atoms with E-state index in [9.17, 15) is 18.0 Å². The molecule has 2 amide bonds. The third kappa shape index (κ3) is 6.76. The summed E-state index contributed by atoms with van der Waals surface area (Å²) in [6.07, 6.45) is 1.31. The van der Waals surface area contributed by atoms with Gasteiger partial charge in [-0.05, 0) is 60.4 Å². The number of benzene rings is 3. The first-order valence-corrected chi connectivity index (χ1v) is 11.6. The molecule has 0 atom stereocenters. The molecule has 3 aromatic carbocycles. The molecule has 3 rings (SSSR count). The van der Waals surface area contributed by atoms with Crippen molar-refractivity contribution in [3.05, 3.63) is 95.6 Å². The van der Waals surface area contributed by atoms with Crippen molar-refractivity contribution in [3.8, 4) is 0 Å². The van der Waals surface area contributed by atoms with Gasteiger partial charge >= 0.3 is 0 Å². The molecule has 0 spiro atoms. The molecular formula is C24H25N3O4S. The number of nitrogens with two attached hydrogens (primary N) is 1. The predicted octanol–water partition coefficient (Wildman–Crippen LogP) is 2.88. The van der Waals surface area contributed by atoms with E-state index in [1.165, 1.54) is 0 Å². The second-order valence-corrected chi connectivity index (χ2v) is 9.03. The third-order valence-electron chi connectivity index (χ3n) is 4.88. The van der Waals surface area contributed by atoms with E-state index >= 15 is 0 Å². The predicted molar refractivity (Wildman–Crippen MR) is 124 cm³/mol. The highest BCUT2D eigenvalue weighted by Crippen LogP contribution is 2.14. The molecule has 0 radical (unpaired) electrons. The van der Waals surface area contributed by atoms with Crippen LogP contribution in [0.25, 0.3) is 0 Å². The Balaban J connectivity index is 1.48. The SMILES string of the molecule is NC(=O)c1ccc(NC(=O)CCc2ccc(S(=O)(=O)NCCc3ccccc3)cc2)cc1. The van der Waals surface area contributed by atoms with Gasteiger partial charge in [-0.25, -0.2) is 13.1 Å². The zero-order chi connectivity index (χ0) is 23.0. The van der Waals surface area contributed by atoms with Crippen LogP contribution in [0.1, 0.15) is 27.9 Å². The molecule has 0 bridgehead atoms. The summed E-state index contributed by atoms with van der Waals surface area (Å²) in [6, 6.07) is 22.5. The number of carbonyl (C=O) groups excluding carboxylic acids is 2. The molecule has 7 nitrogen and oxygen atoms in total. The van der Waals surface area contributed by atoms with Gasteiger partial charge in [-0.1, -0.05) is 42.5 Å². The molecule has 0 saturated heterocycles. The third-order valence-corrected chi connectivity index (χ3v) is 6.35. The van der Waals surface area contributed by atoms with Crippen LogP contribution in [0.2, 0.25) is 0 Å². The summed E-state index contributed by atoms with van der Waals surface area (Å²) in [5.74, 6) is -0.712. The van der Waals surface area contributed by atoms with Gasteiger partial charge in [0.1, 0.15) is 0 Å². The van der Waals surface area contributed by atoms with E-state index < -0.39 is 15.9 Å². The number of carbonyl (C=O) groups is 2. The van der Waals surface area contributed by atoms with Gasteiger partial charge in [0, 0.05) is 24.2 Å². The van der Waals surface area contributed by atoms with Crippen molar-refractivity contribution in [2.45, 2.75) is 24.2 Å². The number of amides is 2. The van der Waals surface area contributed by atoms with Gasteiger partial charge in [0.05, 0.1) is 4.90 Å². The lowest BCUT2D eigenvalue weighted by atomic mass is 10.1. The quantitative estimate of drug-likeness (QED) is 0.439. The lowest BCUT2D eigenvalue weighted by Gasteiger charge is -2.09. The highest BCUT2D eigenvalue weighted by molar-refractivity contribution is 7.89. The fourth-order valence-corrected chi connectivity index (χ4v) is 4.12. The van der Waals surface area contributed by atoms with Crippen LogP contribution in [0.3, 0.4) is 0 Å². The first-order valence-electron chi connectivity index (χ1n) is 10.2. The van der Waals surface area contributed by atoms with E-state index in [4.69, 9.17) is 5.73 Å². The van der Waals surface area contributed by atoms with Crippen molar-refractivity contribution < 1.29 is 18.0 Å². The summed E-state index contributed by atoms with van der Waals surface area (Å²) in [6.45, 7) is 0.314. The first-order chi connectivity index (χ1) is 15.3. The molecule has 4 N–H and O–H groups in total. The maximum absolute atomic E-state index is 12.5. The summed E-state index contributed by atoms with van der Waals surface area (Å²) in [7, 11) is -3.59. The molecule has 0 unspecified atom stereocenters. The van der Waals surface area contributed by atoms with E-state index in [1.807, 2.05) is 30.3 Å². The Kier molecular flexibility index (Phi) is 7.75. The average molecular weight is 452 g/mol. The number of primary amides is 1. The maximum Gasteiger partial charge on any atom is 0.248 e. The Bertz CT molecular complexity index is 1160. The van der Waals surface area contributed by atoms with E-state index in [0.29, 0.717) is 30.6 Å². The number of sulfonamides is 1. The highest BCUT2D eigenvalue weighted by Gasteiger charge is 2.13. The van der Waals surface area contributed by atoms with Crippen LogP contribution >= 0.6 is 0 Å². The molecular weight excluding hydrogens is 426 g/mol. The minimum absolute atomic E-state index is 0.184. The van der Waals surface area contributed by atoms with E-state index in [2.05, 4.69) is 10.0 Å². The number of anilines is 1. The largest absolute Gasteiger partial charge is 0.366 e. The Morgan fingerprint density at radius 1 is 0.781 bits per heavy atom. The molecule has 0 aliphatic rings. The number of rotatable bonds is 10. The van der Waals surface area contributed by atoms with Crippen LogP contribution in [-0.2, 0) is 27.7 Å². The number of aryl methyl sites for hydroxylation is 1. The molecule has 0 aromatic heterocycles. The van der Waals surface area contributed by atoms with Crippen LogP contribution in [0.15, 0.2) is 83.8 Å². The van der Waals surface area contributed by atoms with Gasteiger partial charge in [-0.3, -0.25) is 9.59 Å². The summed E-state index contributed by atoms with van der Waals surface area (Å²) >= 11 is 0. The molecule has 32 heavy (non-hydrogen) atoms. The summed E-state index contributed by atoms with van der Waals surface area (Å²) in [5.41, 5.74) is 8.05. The second kappa shape index (κ2) is 10.7. The number of hydrogen-bond acceptors (Lipinski definition) is 4. The topological polar surface area (TPSA) is 118 Å². The Morgan fingerprint density at radius 2 is 1.41 bits per heavy atom. The molecule has 166 valence electrons. The van der Waals surface area contributed by atoms with Gasteiger partial charge in [-0.15, -0.1) is 0 Å². The normalized spacial score (nSPS) is 11.1. The van der Waals surface area contributed by atoms with Crippen molar-refractivity contribution in [2.24, 2.45) is 5.73 Å². The van der Waals surface area contributed by atoms with Gasteiger partial charge in [0.15, 0.2) is 0 Å². The molecule has 8 heteroatoms. The number of hydrogen-bond donors (Lipinski definition) is 3. The molecule has 0 heterocycles. The molecule has 0 saturated carbocycles. The van der Waals surface area contributed by atoms with Crippen molar-refractivity contribution in [1.29, 1.82) is 0 Å². The maximum atomic E-state index is 12.5. The van der Waals surface area contributed by atoms with Crippen LogP contribution < -0.4 is 15.8 Å². The fraction of sp³-hybridized carbons (Fsp3) is 0.167. The Hall–Kier alpha value is -3.49. The molecule has 0 aliphatic carbocycles. The van der Waals surface area contributed by atoms with Crippen molar-refractivity contribution >= 4 is 27.5 Å². The monoisotopic (exact) mass is 451 g/mol. The van der Waals surface area contributed by atoms with E-state index in [1.54, 1.807) is 48.5 Å². The minimum Gasteiger partial charge on any atom is -0.366 e. The van der Waals surface area contributed by atoms with Crippen LogP contribution in [0, 0.1) is 0 Å². The molecule has 0 fully saturated rings. The van der Waals surface area contributed by atoms with Gasteiger partial charge in [0.2, 0.25) is 21.8 Å². The minimum atomic E-state index is -3.59. The van der Waals surface area contributed by atoms with Gasteiger partial charge < -0.3 is 11.1 Å². The lowest BCUT2D eigenvalue weighted by molar-refractivity contribution is -0.116. The zero-order valence-corrected chi connectivity index (χ0v) is 18.3. The summed E-state index contributed by atoms with van der Waals surface area (Å²) in [5, 5.41) is 2.75. The zero-order valence-electron chi connectivity index (χ0n) is 17.5. The fourth-order valence-electron chi connectivity index (χ4n) is 3.09. The highest BCUT2D eigenvalue weighted by atomic mass is 32.2. The van der Waals surface area contributed by atoms with Gasteiger partial charge in [0.25, 0.3) is 0 Å². The Morgan fingerprint density at radius 3 is 2.03 bits per heavy atom. The van der Waals surface area contributed by atoms with Crippen molar-refractivity contribution in [3.63, 3.8) is 0 Å². The van der Waals surface area contributed by atoms with Crippen molar-refractivity contribution in [2.75, 3.05) is 11.9 Å². The second-order valence-electron chi connectivity index (χ2n) is 7.27. The van der Waals surface area contributed by atoms with Crippen LogP contribution in [-0.4, -0.2) is 26.8 Å². The van der Waals surface area contributed by atoms with Crippen molar-refractivity contribution in [1.82, 2.24) is 4.72 Å². The van der Waals surface area contributed by atoms with E-state index in [-0.39, 0.29) is 17.2 Å². The summed E-state index contributed by atoms with van der Waals surface area (Å²) < 4.78 is 27.5. The average Bonchev–Trinajstić information content (AvgIpc) is 2.79.